The van der Waals surface area contributed by atoms with Crippen molar-refractivity contribution < 1.29 is 9.18 Å². The van der Waals surface area contributed by atoms with Crippen molar-refractivity contribution in [1.29, 1.82) is 0 Å². The minimum atomic E-state index is -0.282. The maximum atomic E-state index is 13.8. The zero-order valence-electron chi connectivity index (χ0n) is 15.6. The van der Waals surface area contributed by atoms with Crippen LogP contribution in [-0.2, 0) is 13.1 Å². The molecule has 6 nitrogen and oxygen atoms in total. The van der Waals surface area contributed by atoms with Gasteiger partial charge in [0.1, 0.15) is 5.82 Å². The monoisotopic (exact) mass is 371 g/mol. The third kappa shape index (κ3) is 3.98. The Morgan fingerprint density at radius 1 is 1.30 bits per heavy atom. The molecule has 7 heteroatoms. The molecule has 0 spiro atoms. The van der Waals surface area contributed by atoms with Crippen LogP contribution in [0.4, 0.5) is 9.18 Å². The first-order valence-corrected chi connectivity index (χ1v) is 9.59. The number of halogens is 1. The normalized spacial score (nSPS) is 22.7. The fourth-order valence-electron chi connectivity index (χ4n) is 4.23. The van der Waals surface area contributed by atoms with E-state index in [0.29, 0.717) is 11.5 Å². The van der Waals surface area contributed by atoms with Crippen LogP contribution < -0.4 is 5.32 Å². The molecule has 1 aromatic heterocycles. The molecule has 3 aliphatic heterocycles. The number of nitrogens with zero attached hydrogens (tertiary/aromatic N) is 3. The Kier molecular flexibility index (Phi) is 5.11. The van der Waals surface area contributed by atoms with Crippen molar-refractivity contribution in [2.75, 3.05) is 19.6 Å². The Hall–Kier alpha value is -2.41. The lowest BCUT2D eigenvalue weighted by Gasteiger charge is -2.36. The first-order chi connectivity index (χ1) is 13.1. The molecule has 0 unspecified atom stereocenters. The molecule has 27 heavy (non-hydrogen) atoms. The largest absolute Gasteiger partial charge is 0.348 e. The number of aryl methyl sites for hydroxylation is 1. The van der Waals surface area contributed by atoms with Crippen LogP contribution in [-0.4, -0.2) is 51.5 Å². The van der Waals surface area contributed by atoms with Gasteiger partial charge >= 0.3 is 6.03 Å². The number of nitrogens with one attached hydrogen (secondary N) is 2. The number of rotatable bonds is 4. The zero-order chi connectivity index (χ0) is 18.8. The van der Waals surface area contributed by atoms with Gasteiger partial charge in [-0.2, -0.15) is 0 Å². The second-order valence-electron chi connectivity index (χ2n) is 7.67. The number of carbonyl (C=O) groups is 1. The Morgan fingerprint density at radius 2 is 2.15 bits per heavy atom. The predicted octanol–water partition coefficient (Wildman–Crippen LogP) is 2.66. The van der Waals surface area contributed by atoms with Crippen LogP contribution in [0.2, 0.25) is 0 Å². The number of carbonyl (C=O) groups excluding carboxylic acids is 1. The van der Waals surface area contributed by atoms with E-state index in [9.17, 15) is 9.18 Å². The van der Waals surface area contributed by atoms with E-state index < -0.39 is 0 Å². The van der Waals surface area contributed by atoms with E-state index in [-0.39, 0.29) is 24.4 Å². The molecular weight excluding hydrogens is 345 g/mol. The molecule has 4 heterocycles. The van der Waals surface area contributed by atoms with Crippen molar-refractivity contribution in [2.45, 2.75) is 38.9 Å². The number of H-pyrrole nitrogens is 1. The van der Waals surface area contributed by atoms with Gasteiger partial charge in [0.15, 0.2) is 0 Å². The highest BCUT2D eigenvalue weighted by Gasteiger charge is 2.37. The molecule has 3 fully saturated rings. The number of aromatic amines is 1. The molecule has 0 aliphatic carbocycles. The number of hydrogen-bond donors (Lipinski definition) is 2. The number of imidazole rings is 1. The topological polar surface area (TPSA) is 64.3 Å². The maximum absolute atomic E-state index is 13.8. The van der Waals surface area contributed by atoms with E-state index in [2.05, 4.69) is 20.2 Å². The molecule has 2 aromatic rings. The molecule has 2 amide bonds. The second kappa shape index (κ2) is 7.68. The number of benzene rings is 1. The van der Waals surface area contributed by atoms with Crippen molar-refractivity contribution in [2.24, 2.45) is 5.92 Å². The van der Waals surface area contributed by atoms with Crippen molar-refractivity contribution in [3.63, 3.8) is 0 Å². The van der Waals surface area contributed by atoms with E-state index in [1.54, 1.807) is 24.5 Å². The summed E-state index contributed by atoms with van der Waals surface area (Å²) < 4.78 is 13.8. The van der Waals surface area contributed by atoms with Crippen LogP contribution in [0.15, 0.2) is 30.6 Å². The Bertz CT molecular complexity index is 807. The van der Waals surface area contributed by atoms with Crippen molar-refractivity contribution in [3.05, 3.63) is 53.4 Å². The number of piperidine rings is 1. The van der Waals surface area contributed by atoms with Crippen molar-refractivity contribution in [1.82, 2.24) is 25.1 Å². The number of hydrogen-bond acceptors (Lipinski definition) is 3. The van der Waals surface area contributed by atoms with Crippen molar-refractivity contribution >= 4 is 6.03 Å². The third-order valence-electron chi connectivity index (χ3n) is 5.75. The molecule has 0 saturated carbocycles. The Balaban J connectivity index is 1.39. The lowest BCUT2D eigenvalue weighted by atomic mass is 9.95. The molecule has 2 N–H and O–H groups in total. The average molecular weight is 371 g/mol. The molecular formula is C20H26FN5O. The van der Waals surface area contributed by atoms with Gasteiger partial charge in [0.25, 0.3) is 0 Å². The Morgan fingerprint density at radius 3 is 2.93 bits per heavy atom. The standard InChI is InChI=1S/C20H26FN5O/c1-14-19(24-13-23-14)12-25-9-15-6-7-17(11-25)26(10-15)20(27)22-8-16-4-2-3-5-18(16)21/h2-5,13,15,17H,6-12H2,1H3,(H,22,27)(H,23,24)/t15-,17+/m0/s1. The van der Waals surface area contributed by atoms with E-state index in [4.69, 9.17) is 0 Å². The van der Waals surface area contributed by atoms with Crippen molar-refractivity contribution in [3.8, 4) is 0 Å². The molecule has 5 rings (SSSR count). The summed E-state index contributed by atoms with van der Waals surface area (Å²) in [6.45, 7) is 5.68. The summed E-state index contributed by atoms with van der Waals surface area (Å²) >= 11 is 0. The molecule has 2 bridgehead atoms. The van der Waals surface area contributed by atoms with Crippen LogP contribution in [0.5, 0.6) is 0 Å². The molecule has 2 atom stereocenters. The smallest absolute Gasteiger partial charge is 0.317 e. The molecule has 3 aliphatic rings. The summed E-state index contributed by atoms with van der Waals surface area (Å²) in [6.07, 6.45) is 3.91. The highest BCUT2D eigenvalue weighted by Crippen LogP contribution is 2.29. The SMILES string of the molecule is Cc1[nH]cnc1CN1C[C@@H]2CC[C@H](C1)N(C(=O)NCc1ccccc1F)C2. The van der Waals surface area contributed by atoms with Gasteiger partial charge in [0.05, 0.1) is 12.0 Å². The van der Waals surface area contributed by atoms with Crippen LogP contribution in [0.1, 0.15) is 29.8 Å². The van der Waals surface area contributed by atoms with Crippen LogP contribution >= 0.6 is 0 Å². The van der Waals surface area contributed by atoms with Gasteiger partial charge in [-0.25, -0.2) is 14.2 Å². The van der Waals surface area contributed by atoms with E-state index in [0.717, 1.165) is 50.4 Å². The van der Waals surface area contributed by atoms with Gasteiger partial charge in [0.2, 0.25) is 0 Å². The summed E-state index contributed by atoms with van der Waals surface area (Å²) in [5, 5.41) is 2.90. The second-order valence-corrected chi connectivity index (χ2v) is 7.67. The van der Waals surface area contributed by atoms with Gasteiger partial charge in [-0.15, -0.1) is 0 Å². The third-order valence-corrected chi connectivity index (χ3v) is 5.75. The van der Waals surface area contributed by atoms with Gasteiger partial charge in [-0.1, -0.05) is 18.2 Å². The average Bonchev–Trinajstić information content (AvgIpc) is 2.88. The highest BCUT2D eigenvalue weighted by molar-refractivity contribution is 5.74. The highest BCUT2D eigenvalue weighted by atomic mass is 19.1. The summed E-state index contributed by atoms with van der Waals surface area (Å²) in [4.78, 5) is 24.7. The van der Waals surface area contributed by atoms with Gasteiger partial charge in [0, 0.05) is 50.0 Å². The molecule has 3 saturated heterocycles. The first kappa shape index (κ1) is 18.0. The molecule has 0 radical (unpaired) electrons. The minimum Gasteiger partial charge on any atom is -0.348 e. The predicted molar refractivity (Wildman–Crippen MR) is 100 cm³/mol. The number of fused-ring (bicyclic) bond motifs is 4. The van der Waals surface area contributed by atoms with Gasteiger partial charge in [-0.05, 0) is 31.7 Å². The Labute approximate surface area is 158 Å². The number of urea groups is 1. The van der Waals surface area contributed by atoms with E-state index >= 15 is 0 Å². The summed E-state index contributed by atoms with van der Waals surface area (Å²) in [5.74, 6) is 0.193. The first-order valence-electron chi connectivity index (χ1n) is 9.59. The number of aromatic nitrogens is 2. The van der Waals surface area contributed by atoms with E-state index in [1.165, 1.54) is 6.07 Å². The van der Waals surface area contributed by atoms with Crippen LogP contribution in [0.3, 0.4) is 0 Å². The summed E-state index contributed by atoms with van der Waals surface area (Å²) in [7, 11) is 0. The maximum Gasteiger partial charge on any atom is 0.317 e. The number of amides is 2. The zero-order valence-corrected chi connectivity index (χ0v) is 15.6. The fraction of sp³-hybridized carbons (Fsp3) is 0.500. The van der Waals surface area contributed by atoms with Crippen LogP contribution in [0.25, 0.3) is 0 Å². The summed E-state index contributed by atoms with van der Waals surface area (Å²) in [5.41, 5.74) is 2.69. The van der Waals surface area contributed by atoms with Crippen LogP contribution in [0, 0.1) is 18.7 Å². The van der Waals surface area contributed by atoms with Gasteiger partial charge in [-0.3, -0.25) is 4.90 Å². The lowest BCUT2D eigenvalue weighted by molar-refractivity contribution is 0.140. The fourth-order valence-corrected chi connectivity index (χ4v) is 4.23. The lowest BCUT2D eigenvalue weighted by Crippen LogP contribution is -2.51. The summed E-state index contributed by atoms with van der Waals surface area (Å²) in [6, 6.07) is 6.68. The van der Waals surface area contributed by atoms with E-state index in [1.807, 2.05) is 11.8 Å². The molecule has 144 valence electrons. The molecule has 1 aromatic carbocycles. The quantitative estimate of drug-likeness (QED) is 0.869. The van der Waals surface area contributed by atoms with Gasteiger partial charge < -0.3 is 15.2 Å². The minimum absolute atomic E-state index is 0.0919.